The summed E-state index contributed by atoms with van der Waals surface area (Å²) in [6.07, 6.45) is 17.4. The summed E-state index contributed by atoms with van der Waals surface area (Å²) in [4.78, 5) is 9.00. The first-order valence-electron chi connectivity index (χ1n) is 15.0. The Morgan fingerprint density at radius 1 is 1.11 bits per heavy atom. The topological polar surface area (TPSA) is 58.6 Å². The van der Waals surface area contributed by atoms with Crippen molar-refractivity contribution in [2.24, 2.45) is 35.0 Å². The van der Waals surface area contributed by atoms with Gasteiger partial charge >= 0.3 is 0 Å². The van der Waals surface area contributed by atoms with Gasteiger partial charge in [-0.2, -0.15) is 0 Å². The van der Waals surface area contributed by atoms with Crippen LogP contribution in [-0.2, 0) is 9.53 Å². The van der Waals surface area contributed by atoms with Crippen LogP contribution < -0.4 is 5.32 Å². The predicted octanol–water partition coefficient (Wildman–Crippen LogP) is 7.37. The number of piperidine rings is 1. The Bertz CT molecular complexity index is 788. The van der Waals surface area contributed by atoms with Gasteiger partial charge in [-0.05, 0) is 113 Å². The molecule has 200 valence electrons. The van der Waals surface area contributed by atoms with E-state index in [2.05, 4.69) is 26.1 Å². The van der Waals surface area contributed by atoms with Crippen molar-refractivity contribution in [2.75, 3.05) is 6.54 Å². The van der Waals surface area contributed by atoms with Gasteiger partial charge in [0, 0.05) is 13.0 Å². The molecule has 9 atom stereocenters. The molecule has 2 saturated heterocycles. The van der Waals surface area contributed by atoms with Crippen LogP contribution >= 0.6 is 0 Å². The number of hydrogen-bond acceptors (Lipinski definition) is 3. The zero-order valence-corrected chi connectivity index (χ0v) is 23.5. The van der Waals surface area contributed by atoms with Gasteiger partial charge in [-0.15, -0.1) is 0 Å². The van der Waals surface area contributed by atoms with E-state index in [1.165, 1.54) is 83.6 Å². The fourth-order valence-electron chi connectivity index (χ4n) is 9.48. The average molecular weight is 488 g/mol. The Labute approximate surface area is 215 Å². The van der Waals surface area contributed by atoms with Gasteiger partial charge in [0.15, 0.2) is 0 Å². The van der Waals surface area contributed by atoms with Crippen molar-refractivity contribution in [2.45, 2.75) is 136 Å². The van der Waals surface area contributed by atoms with Gasteiger partial charge in [-0.25, -0.2) is 0 Å². The minimum Gasteiger partial charge on any atom is -0.481 e. The van der Waals surface area contributed by atoms with E-state index in [0.717, 1.165) is 36.5 Å². The summed E-state index contributed by atoms with van der Waals surface area (Å²) in [6, 6.07) is 0.617. The second-order valence-corrected chi connectivity index (χ2v) is 13.0. The van der Waals surface area contributed by atoms with Crippen molar-refractivity contribution in [1.29, 1.82) is 0 Å². The van der Waals surface area contributed by atoms with Gasteiger partial charge in [0.1, 0.15) is 0 Å². The largest absolute Gasteiger partial charge is 0.481 e. The molecule has 1 spiro atoms. The van der Waals surface area contributed by atoms with Gasteiger partial charge < -0.3 is 15.2 Å². The normalized spacial score (nSPS) is 46.1. The maximum absolute atomic E-state index is 9.00. The Morgan fingerprint density at radius 2 is 1.86 bits per heavy atom. The molecule has 6 rings (SSSR count). The Balaban J connectivity index is 0.000000440. The summed E-state index contributed by atoms with van der Waals surface area (Å²) in [5, 5.41) is 11.2. The molecule has 0 aromatic heterocycles. The number of nitrogens with one attached hydrogen (secondary N) is 1. The fraction of sp³-hybridized carbons (Fsp3) is 0.903. The van der Waals surface area contributed by atoms with E-state index in [1.807, 2.05) is 19.4 Å². The first-order chi connectivity index (χ1) is 16.7. The number of aliphatic carboxylic acids is 1. The molecule has 0 amide bonds. The molecule has 2 aliphatic heterocycles. The molecule has 0 aromatic carbocycles. The summed E-state index contributed by atoms with van der Waals surface area (Å²) in [5.41, 5.74) is 4.44. The molecule has 4 aliphatic carbocycles. The number of ether oxygens (including phenoxy) is 1. The SMILES string of the molecule is CC.CC(=O)O.CC1=C2CC3C(CCC4CCCCC43C)C2CCC2(C1)CC1NCC(C)CC1O2. The lowest BCUT2D eigenvalue weighted by atomic mass is 9.52. The number of rotatable bonds is 0. The second kappa shape index (κ2) is 10.9. The number of allylic oxidation sites excluding steroid dienone is 1. The van der Waals surface area contributed by atoms with E-state index >= 15 is 0 Å². The Morgan fingerprint density at radius 3 is 2.60 bits per heavy atom. The summed E-state index contributed by atoms with van der Waals surface area (Å²) in [5.74, 6) is 3.82. The number of carboxylic acids is 1. The summed E-state index contributed by atoms with van der Waals surface area (Å²) in [7, 11) is 0. The molecule has 5 fully saturated rings. The van der Waals surface area contributed by atoms with Gasteiger partial charge in [-0.3, -0.25) is 4.79 Å². The van der Waals surface area contributed by atoms with Crippen molar-refractivity contribution < 1.29 is 14.6 Å². The third-order valence-corrected chi connectivity index (χ3v) is 10.9. The maximum Gasteiger partial charge on any atom is 0.300 e. The lowest BCUT2D eigenvalue weighted by molar-refractivity contribution is -0.134. The summed E-state index contributed by atoms with van der Waals surface area (Å²) in [6.45, 7) is 13.8. The highest BCUT2D eigenvalue weighted by Crippen LogP contribution is 2.65. The van der Waals surface area contributed by atoms with Crippen molar-refractivity contribution in [3.63, 3.8) is 0 Å². The molecule has 6 aliphatic rings. The first kappa shape index (κ1) is 27.2. The predicted molar refractivity (Wildman–Crippen MR) is 143 cm³/mol. The highest BCUT2D eigenvalue weighted by molar-refractivity contribution is 5.62. The highest BCUT2D eigenvalue weighted by atomic mass is 16.5. The van der Waals surface area contributed by atoms with Crippen molar-refractivity contribution in [3.8, 4) is 0 Å². The molecule has 4 heteroatoms. The zero-order chi connectivity index (χ0) is 25.4. The molecule has 2 N–H and O–H groups in total. The van der Waals surface area contributed by atoms with Crippen LogP contribution in [0.3, 0.4) is 0 Å². The maximum atomic E-state index is 9.00. The van der Waals surface area contributed by atoms with Crippen LogP contribution in [0.5, 0.6) is 0 Å². The van der Waals surface area contributed by atoms with Crippen molar-refractivity contribution >= 4 is 5.97 Å². The lowest BCUT2D eigenvalue weighted by Crippen LogP contribution is -2.45. The molecular formula is C31H53NO3. The van der Waals surface area contributed by atoms with E-state index in [9.17, 15) is 0 Å². The van der Waals surface area contributed by atoms with E-state index in [4.69, 9.17) is 14.6 Å². The number of carboxylic acid groups (broad SMARTS) is 1. The fourth-order valence-corrected chi connectivity index (χ4v) is 9.48. The molecule has 9 unspecified atom stereocenters. The van der Waals surface area contributed by atoms with Gasteiger partial charge in [-0.1, -0.05) is 51.7 Å². The van der Waals surface area contributed by atoms with Crippen LogP contribution in [0.25, 0.3) is 0 Å². The monoisotopic (exact) mass is 487 g/mol. The van der Waals surface area contributed by atoms with E-state index < -0.39 is 5.97 Å². The minimum absolute atomic E-state index is 0.148. The number of fused-ring (bicyclic) bond motifs is 6. The molecule has 2 heterocycles. The molecule has 4 nitrogen and oxygen atoms in total. The molecule has 0 radical (unpaired) electrons. The third-order valence-electron chi connectivity index (χ3n) is 10.9. The number of hydrogen-bond donors (Lipinski definition) is 2. The molecule has 3 saturated carbocycles. The number of carbonyl (C=O) groups is 1. The highest BCUT2D eigenvalue weighted by Gasteiger charge is 2.57. The van der Waals surface area contributed by atoms with Gasteiger partial charge in [0.05, 0.1) is 11.7 Å². The van der Waals surface area contributed by atoms with Crippen LogP contribution in [0.1, 0.15) is 119 Å². The minimum atomic E-state index is -0.833. The van der Waals surface area contributed by atoms with Gasteiger partial charge in [0.25, 0.3) is 5.97 Å². The molecule has 35 heavy (non-hydrogen) atoms. The summed E-state index contributed by atoms with van der Waals surface area (Å²) < 4.78 is 6.92. The smallest absolute Gasteiger partial charge is 0.300 e. The van der Waals surface area contributed by atoms with Crippen LogP contribution in [0.4, 0.5) is 0 Å². The average Bonchev–Trinajstić information content (AvgIpc) is 3.33. The molecule has 0 aromatic rings. The Hall–Kier alpha value is -0.870. The van der Waals surface area contributed by atoms with Crippen LogP contribution in [0, 0.1) is 35.0 Å². The quantitative estimate of drug-likeness (QED) is 0.350. The standard InChI is InChI=1S/C27H43NO.C2H4O2.C2H6/c1-17-12-25-24(28-16-17)15-27(29-25)11-9-20-21-8-7-19-6-4-5-10-26(19,3)23(21)13-22(20)18(2)14-27;1-2(3)4;1-2/h17,19-21,23-25,28H,4-16H2,1-3H3;1H3,(H,3,4);1-2H3. The van der Waals surface area contributed by atoms with Crippen LogP contribution in [0.15, 0.2) is 11.1 Å². The van der Waals surface area contributed by atoms with Crippen molar-refractivity contribution in [3.05, 3.63) is 11.1 Å². The lowest BCUT2D eigenvalue weighted by Gasteiger charge is -2.52. The second-order valence-electron chi connectivity index (χ2n) is 13.0. The van der Waals surface area contributed by atoms with Crippen molar-refractivity contribution in [1.82, 2.24) is 5.32 Å². The molecular weight excluding hydrogens is 434 g/mol. The van der Waals surface area contributed by atoms with E-state index in [0.29, 0.717) is 17.6 Å². The van der Waals surface area contributed by atoms with E-state index in [-0.39, 0.29) is 5.60 Å². The Kier molecular flexibility index (Phi) is 8.43. The summed E-state index contributed by atoms with van der Waals surface area (Å²) >= 11 is 0. The van der Waals surface area contributed by atoms with Crippen LogP contribution in [-0.4, -0.2) is 35.4 Å². The van der Waals surface area contributed by atoms with Crippen LogP contribution in [0.2, 0.25) is 0 Å². The van der Waals surface area contributed by atoms with Gasteiger partial charge in [0.2, 0.25) is 0 Å². The molecule has 0 bridgehead atoms. The third kappa shape index (κ3) is 5.26. The van der Waals surface area contributed by atoms with E-state index in [1.54, 1.807) is 5.57 Å². The zero-order valence-electron chi connectivity index (χ0n) is 23.5. The first-order valence-corrected chi connectivity index (χ1v) is 15.0.